The Morgan fingerprint density at radius 2 is 1.76 bits per heavy atom. The van der Waals surface area contributed by atoms with Gasteiger partial charge in [0.05, 0.1) is 12.7 Å². The molecule has 4 aromatic rings. The highest BCUT2D eigenvalue weighted by molar-refractivity contribution is 6.04. The molecule has 0 aliphatic heterocycles. The minimum Gasteiger partial charge on any atom is -0.491 e. The highest BCUT2D eigenvalue weighted by atomic mass is 19.2. The number of halogens is 3. The lowest BCUT2D eigenvalue weighted by atomic mass is 10.1. The van der Waals surface area contributed by atoms with Crippen molar-refractivity contribution in [2.45, 2.75) is 6.92 Å². The molecule has 0 fully saturated rings. The van der Waals surface area contributed by atoms with Crippen LogP contribution < -0.4 is 15.4 Å². The zero-order valence-electron chi connectivity index (χ0n) is 17.4. The van der Waals surface area contributed by atoms with Gasteiger partial charge in [-0.3, -0.25) is 4.79 Å². The Bertz CT molecular complexity index is 1310. The number of aryl methyl sites for hydroxylation is 1. The number of carbonyl (C=O) groups excluding carboxylic acids is 1. The number of anilines is 3. The van der Waals surface area contributed by atoms with Crippen LogP contribution in [0.2, 0.25) is 0 Å². The normalized spacial score (nSPS) is 10.7. The van der Waals surface area contributed by atoms with Crippen LogP contribution in [0.15, 0.2) is 54.9 Å². The molecule has 0 spiro atoms. The lowest BCUT2D eigenvalue weighted by molar-refractivity contribution is 0.102. The first-order chi connectivity index (χ1) is 15.9. The van der Waals surface area contributed by atoms with E-state index in [1.54, 1.807) is 60.4 Å². The van der Waals surface area contributed by atoms with Crippen molar-refractivity contribution in [2.75, 3.05) is 17.7 Å². The number of hydrogen-bond acceptors (Lipinski definition) is 6. The van der Waals surface area contributed by atoms with E-state index in [2.05, 4.69) is 30.4 Å². The molecular formula is C22H17F3N6O2. The third kappa shape index (κ3) is 4.61. The summed E-state index contributed by atoms with van der Waals surface area (Å²) in [7, 11) is 0.978. The van der Waals surface area contributed by atoms with Gasteiger partial charge in [0.1, 0.15) is 11.6 Å². The average Bonchev–Trinajstić information content (AvgIpc) is 3.33. The third-order valence-corrected chi connectivity index (χ3v) is 4.54. The first-order valence-electron chi connectivity index (χ1n) is 9.61. The molecule has 0 aliphatic rings. The molecule has 2 N–H and O–H groups in total. The lowest BCUT2D eigenvalue weighted by Crippen LogP contribution is -2.15. The topological polar surface area (TPSA) is 94.0 Å². The molecular weight excluding hydrogens is 437 g/mol. The number of hydrogen-bond donors (Lipinski definition) is 2. The number of methoxy groups -OCH3 is 1. The maximum absolute atomic E-state index is 14.3. The predicted molar refractivity (Wildman–Crippen MR) is 114 cm³/mol. The number of nitrogens with zero attached hydrogens (tertiary/aromatic N) is 4. The first kappa shape index (κ1) is 21.8. The lowest BCUT2D eigenvalue weighted by Gasteiger charge is -2.11. The molecule has 33 heavy (non-hydrogen) atoms. The van der Waals surface area contributed by atoms with Crippen LogP contribution >= 0.6 is 0 Å². The maximum atomic E-state index is 14.3. The quantitative estimate of drug-likeness (QED) is 0.420. The Balaban J connectivity index is 1.50. The zero-order chi connectivity index (χ0) is 23.5. The monoisotopic (exact) mass is 454 g/mol. The van der Waals surface area contributed by atoms with E-state index in [1.807, 2.05) is 0 Å². The number of nitrogens with one attached hydrogen (secondary N) is 2. The summed E-state index contributed by atoms with van der Waals surface area (Å²) in [6, 6.07) is 10.4. The molecule has 4 rings (SSSR count). The largest absolute Gasteiger partial charge is 0.491 e. The summed E-state index contributed by atoms with van der Waals surface area (Å²) in [5, 5.41) is 9.71. The van der Waals surface area contributed by atoms with Crippen LogP contribution in [0.1, 0.15) is 16.2 Å². The third-order valence-electron chi connectivity index (χ3n) is 4.54. The van der Waals surface area contributed by atoms with Crippen LogP contribution in [0.5, 0.6) is 5.75 Å². The average molecular weight is 454 g/mol. The van der Waals surface area contributed by atoms with Gasteiger partial charge in [-0.15, -0.1) is 0 Å². The van der Waals surface area contributed by atoms with Gasteiger partial charge in [-0.1, -0.05) is 0 Å². The number of amides is 1. The van der Waals surface area contributed by atoms with E-state index < -0.39 is 34.7 Å². The minimum atomic E-state index is -1.50. The van der Waals surface area contributed by atoms with Crippen molar-refractivity contribution in [3.8, 4) is 11.6 Å². The molecule has 168 valence electrons. The van der Waals surface area contributed by atoms with Gasteiger partial charge in [-0.25, -0.2) is 23.4 Å². The van der Waals surface area contributed by atoms with Gasteiger partial charge in [-0.05, 0) is 43.3 Å². The summed E-state index contributed by atoms with van der Waals surface area (Å²) in [5.74, 6) is -4.46. The molecule has 0 aliphatic carbocycles. The van der Waals surface area contributed by atoms with Crippen molar-refractivity contribution in [3.63, 3.8) is 0 Å². The Morgan fingerprint density at radius 3 is 2.42 bits per heavy atom. The number of ether oxygens (including phenoxy) is 1. The summed E-state index contributed by atoms with van der Waals surface area (Å²) in [5.41, 5.74) is 0.276. The van der Waals surface area contributed by atoms with Crippen molar-refractivity contribution >= 4 is 23.1 Å². The summed E-state index contributed by atoms with van der Waals surface area (Å²) >= 11 is 0. The van der Waals surface area contributed by atoms with Crippen molar-refractivity contribution in [1.29, 1.82) is 0 Å². The van der Waals surface area contributed by atoms with Gasteiger partial charge in [0.15, 0.2) is 23.2 Å². The van der Waals surface area contributed by atoms with Gasteiger partial charge in [-0.2, -0.15) is 9.49 Å². The maximum Gasteiger partial charge on any atom is 0.258 e. The molecule has 2 aromatic carbocycles. The van der Waals surface area contributed by atoms with E-state index in [0.717, 1.165) is 7.11 Å². The van der Waals surface area contributed by atoms with E-state index in [1.165, 1.54) is 0 Å². The molecule has 0 unspecified atom stereocenters. The van der Waals surface area contributed by atoms with E-state index in [9.17, 15) is 18.0 Å². The highest BCUT2D eigenvalue weighted by Gasteiger charge is 2.23. The highest BCUT2D eigenvalue weighted by Crippen LogP contribution is 2.28. The molecule has 0 saturated heterocycles. The van der Waals surface area contributed by atoms with Gasteiger partial charge in [0, 0.05) is 29.8 Å². The Hall–Kier alpha value is -4.41. The zero-order valence-corrected chi connectivity index (χ0v) is 17.4. The Labute approximate surface area is 186 Å². The molecule has 0 radical (unpaired) electrons. The van der Waals surface area contributed by atoms with Gasteiger partial charge in [0.2, 0.25) is 5.82 Å². The van der Waals surface area contributed by atoms with Crippen LogP contribution in [0.25, 0.3) is 5.82 Å². The molecule has 0 atom stereocenters. The molecule has 11 heteroatoms. The second-order valence-corrected chi connectivity index (χ2v) is 6.83. The molecule has 8 nitrogen and oxygen atoms in total. The van der Waals surface area contributed by atoms with Crippen LogP contribution in [0.4, 0.5) is 30.4 Å². The number of rotatable bonds is 6. The molecule has 2 heterocycles. The Morgan fingerprint density at radius 1 is 1.03 bits per heavy atom. The molecule has 1 amide bonds. The first-order valence-corrected chi connectivity index (χ1v) is 9.61. The van der Waals surface area contributed by atoms with E-state index in [-0.39, 0.29) is 0 Å². The summed E-state index contributed by atoms with van der Waals surface area (Å²) in [6.45, 7) is 1.75. The minimum absolute atomic E-state index is 0.310. The smallest absolute Gasteiger partial charge is 0.258 e. The molecule has 0 bridgehead atoms. The molecule has 2 aromatic heterocycles. The van der Waals surface area contributed by atoms with Gasteiger partial charge in [0.25, 0.3) is 5.91 Å². The van der Waals surface area contributed by atoms with Crippen LogP contribution in [-0.4, -0.2) is 32.8 Å². The van der Waals surface area contributed by atoms with Crippen molar-refractivity contribution < 1.29 is 22.7 Å². The fourth-order valence-electron chi connectivity index (χ4n) is 3.05. The standard InChI is InChI=1S/C22H17F3N6O2/c1-12-27-17(11-18(28-12)31-9-3-8-26-31)29-13-4-6-14(7-5-13)30-22(32)15-10-16(23)20(25)21(33-2)19(15)24/h3-11H,1-2H3,(H,30,32)(H,27,28,29). The van der Waals surface area contributed by atoms with Crippen LogP contribution in [0.3, 0.4) is 0 Å². The van der Waals surface area contributed by atoms with Crippen LogP contribution in [-0.2, 0) is 0 Å². The van der Waals surface area contributed by atoms with E-state index in [4.69, 9.17) is 0 Å². The SMILES string of the molecule is COc1c(F)c(F)cc(C(=O)Nc2ccc(Nc3cc(-n4cccn4)nc(C)n3)cc2)c1F. The predicted octanol–water partition coefficient (Wildman–Crippen LogP) is 4.39. The molecule has 0 saturated carbocycles. The fourth-order valence-corrected chi connectivity index (χ4v) is 3.05. The van der Waals surface area contributed by atoms with Gasteiger partial charge < -0.3 is 15.4 Å². The second-order valence-electron chi connectivity index (χ2n) is 6.83. The summed E-state index contributed by atoms with van der Waals surface area (Å²) in [4.78, 5) is 21.1. The van der Waals surface area contributed by atoms with Crippen molar-refractivity contribution in [1.82, 2.24) is 19.7 Å². The second kappa shape index (κ2) is 8.99. The van der Waals surface area contributed by atoms with E-state index in [0.29, 0.717) is 34.9 Å². The van der Waals surface area contributed by atoms with Crippen LogP contribution in [0, 0.1) is 24.4 Å². The van der Waals surface area contributed by atoms with E-state index >= 15 is 0 Å². The summed E-state index contributed by atoms with van der Waals surface area (Å²) in [6.07, 6.45) is 3.40. The van der Waals surface area contributed by atoms with Crippen molar-refractivity contribution in [2.24, 2.45) is 0 Å². The number of aromatic nitrogens is 4. The Kier molecular flexibility index (Phi) is 5.94. The fraction of sp³-hybridized carbons (Fsp3) is 0.0909. The number of benzene rings is 2. The number of carbonyl (C=O) groups is 1. The summed E-state index contributed by atoms with van der Waals surface area (Å²) < 4.78 is 47.7. The van der Waals surface area contributed by atoms with Gasteiger partial charge >= 0.3 is 0 Å². The van der Waals surface area contributed by atoms with Crippen molar-refractivity contribution in [3.05, 3.63) is 83.7 Å².